The van der Waals surface area contributed by atoms with Crippen molar-refractivity contribution in [2.24, 2.45) is 23.7 Å². The van der Waals surface area contributed by atoms with Gasteiger partial charge >= 0.3 is 0 Å². The van der Waals surface area contributed by atoms with E-state index >= 15 is 0 Å². The van der Waals surface area contributed by atoms with Crippen LogP contribution >= 0.6 is 0 Å². The summed E-state index contributed by atoms with van der Waals surface area (Å²) in [6.45, 7) is 4.04. The van der Waals surface area contributed by atoms with Crippen LogP contribution in [0.2, 0.25) is 0 Å². The van der Waals surface area contributed by atoms with Crippen molar-refractivity contribution in [2.75, 3.05) is 13.1 Å². The van der Waals surface area contributed by atoms with Crippen molar-refractivity contribution in [1.29, 1.82) is 0 Å². The zero-order valence-electron chi connectivity index (χ0n) is 10.0. The molecule has 1 aliphatic heterocycles. The van der Waals surface area contributed by atoms with Crippen LogP contribution in [0.25, 0.3) is 0 Å². The van der Waals surface area contributed by atoms with Gasteiger partial charge in [0.15, 0.2) is 0 Å². The smallest absolute Gasteiger partial charge is 0.224 e. The molecule has 3 aliphatic rings. The summed E-state index contributed by atoms with van der Waals surface area (Å²) >= 11 is 0. The van der Waals surface area contributed by atoms with Crippen molar-refractivity contribution in [3.05, 3.63) is 0 Å². The van der Waals surface area contributed by atoms with Crippen LogP contribution in [0, 0.1) is 23.7 Å². The first kappa shape index (κ1) is 10.6. The third kappa shape index (κ3) is 2.10. The topological polar surface area (TPSA) is 41.1 Å². The summed E-state index contributed by atoms with van der Waals surface area (Å²) in [5, 5.41) is 6.64. The fraction of sp³-hybridized carbons (Fsp3) is 0.923. The Bertz CT molecular complexity index is 272. The fourth-order valence-corrected chi connectivity index (χ4v) is 2.96. The molecule has 0 aromatic carbocycles. The molecule has 2 aliphatic carbocycles. The van der Waals surface area contributed by atoms with E-state index in [0.717, 1.165) is 24.9 Å². The summed E-state index contributed by atoms with van der Waals surface area (Å²) in [4.78, 5) is 12.2. The minimum atomic E-state index is 0.208. The molecule has 2 N–H and O–H groups in total. The molecule has 1 amide bonds. The first-order valence-corrected chi connectivity index (χ1v) is 6.77. The van der Waals surface area contributed by atoms with Gasteiger partial charge in [0.2, 0.25) is 5.91 Å². The van der Waals surface area contributed by atoms with Gasteiger partial charge in [-0.3, -0.25) is 4.79 Å². The zero-order valence-corrected chi connectivity index (χ0v) is 10.0. The number of nitrogens with one attached hydrogen (secondary N) is 2. The summed E-state index contributed by atoms with van der Waals surface area (Å²) in [6, 6.07) is 0.514. The van der Waals surface area contributed by atoms with Gasteiger partial charge in [0.1, 0.15) is 0 Å². The number of carbonyl (C=O) groups is 1. The molecule has 3 fully saturated rings. The van der Waals surface area contributed by atoms with Crippen LogP contribution in [-0.4, -0.2) is 25.0 Å². The highest BCUT2D eigenvalue weighted by Gasteiger charge is 2.43. The summed E-state index contributed by atoms with van der Waals surface area (Å²) in [5.41, 5.74) is 0. The normalized spacial score (nSPS) is 34.4. The van der Waals surface area contributed by atoms with Crippen LogP contribution < -0.4 is 10.6 Å². The molecular weight excluding hydrogens is 200 g/mol. The summed E-state index contributed by atoms with van der Waals surface area (Å²) in [6.07, 6.45) is 5.33. The van der Waals surface area contributed by atoms with Gasteiger partial charge in [-0.25, -0.2) is 0 Å². The van der Waals surface area contributed by atoms with E-state index in [4.69, 9.17) is 0 Å². The van der Waals surface area contributed by atoms with E-state index in [1.54, 1.807) is 0 Å². The first-order valence-electron chi connectivity index (χ1n) is 6.77. The molecule has 16 heavy (non-hydrogen) atoms. The van der Waals surface area contributed by atoms with Gasteiger partial charge in [0.05, 0.1) is 5.92 Å². The number of hydrogen-bond acceptors (Lipinski definition) is 2. The average molecular weight is 222 g/mol. The second kappa shape index (κ2) is 4.02. The summed E-state index contributed by atoms with van der Waals surface area (Å²) in [7, 11) is 0. The van der Waals surface area contributed by atoms with Crippen LogP contribution in [0.15, 0.2) is 0 Å². The van der Waals surface area contributed by atoms with E-state index < -0.39 is 0 Å². The maximum absolute atomic E-state index is 12.2. The molecule has 0 radical (unpaired) electrons. The Morgan fingerprint density at radius 3 is 2.25 bits per heavy atom. The van der Waals surface area contributed by atoms with Crippen LogP contribution in [0.5, 0.6) is 0 Å². The van der Waals surface area contributed by atoms with Crippen LogP contribution in [0.1, 0.15) is 32.6 Å². The summed E-state index contributed by atoms with van der Waals surface area (Å²) in [5.74, 6) is 2.63. The quantitative estimate of drug-likeness (QED) is 0.749. The number of hydrogen-bond donors (Lipinski definition) is 2. The Hall–Kier alpha value is -0.570. The monoisotopic (exact) mass is 222 g/mol. The predicted octanol–water partition coefficient (Wildman–Crippen LogP) is 1.15. The van der Waals surface area contributed by atoms with Gasteiger partial charge in [0.25, 0.3) is 0 Å². The Morgan fingerprint density at radius 1 is 1.19 bits per heavy atom. The molecule has 0 unspecified atom stereocenters. The number of rotatable bonds is 4. The second-order valence-corrected chi connectivity index (χ2v) is 5.95. The van der Waals surface area contributed by atoms with Crippen molar-refractivity contribution < 1.29 is 4.79 Å². The molecule has 0 aromatic rings. The minimum absolute atomic E-state index is 0.208. The van der Waals surface area contributed by atoms with Crippen molar-refractivity contribution in [3.63, 3.8) is 0 Å². The molecule has 2 saturated carbocycles. The average Bonchev–Trinajstić information content (AvgIpc) is 3.14. The van der Waals surface area contributed by atoms with Crippen molar-refractivity contribution in [1.82, 2.24) is 10.6 Å². The highest BCUT2D eigenvalue weighted by atomic mass is 16.2. The molecule has 0 spiro atoms. The Balaban J connectivity index is 1.57. The second-order valence-electron chi connectivity index (χ2n) is 5.95. The first-order chi connectivity index (χ1) is 7.75. The highest BCUT2D eigenvalue weighted by molar-refractivity contribution is 5.80. The molecular formula is C13H22N2O. The van der Waals surface area contributed by atoms with E-state index in [1.165, 1.54) is 25.7 Å². The standard InChI is InChI=1S/C13H22N2O/c1-8-6-14-7-11(8)13(16)15-12(9-2-3-9)10-4-5-10/h8-12,14H,2-7H2,1H3,(H,15,16)/t8-,11-/m1/s1. The lowest BCUT2D eigenvalue weighted by Crippen LogP contribution is -2.43. The Morgan fingerprint density at radius 2 is 1.81 bits per heavy atom. The molecule has 90 valence electrons. The van der Waals surface area contributed by atoms with Crippen LogP contribution in [-0.2, 0) is 4.79 Å². The number of amides is 1. The van der Waals surface area contributed by atoms with Gasteiger partial charge in [-0.1, -0.05) is 6.92 Å². The lowest BCUT2D eigenvalue weighted by Gasteiger charge is -2.21. The van der Waals surface area contributed by atoms with Gasteiger partial charge in [-0.15, -0.1) is 0 Å². The molecule has 1 saturated heterocycles. The van der Waals surface area contributed by atoms with Gasteiger partial charge in [0, 0.05) is 12.6 Å². The van der Waals surface area contributed by atoms with Gasteiger partial charge < -0.3 is 10.6 Å². The maximum atomic E-state index is 12.2. The predicted molar refractivity (Wildman–Crippen MR) is 62.9 cm³/mol. The van der Waals surface area contributed by atoms with E-state index in [0.29, 0.717) is 17.9 Å². The van der Waals surface area contributed by atoms with Crippen molar-refractivity contribution in [2.45, 2.75) is 38.6 Å². The van der Waals surface area contributed by atoms with Gasteiger partial charge in [-0.05, 0) is 50.0 Å². The zero-order chi connectivity index (χ0) is 11.1. The molecule has 2 atom stereocenters. The van der Waals surface area contributed by atoms with E-state index in [9.17, 15) is 4.79 Å². The minimum Gasteiger partial charge on any atom is -0.353 e. The highest BCUT2D eigenvalue weighted by Crippen LogP contribution is 2.44. The third-order valence-corrected chi connectivity index (χ3v) is 4.42. The molecule has 3 rings (SSSR count). The van der Waals surface area contributed by atoms with Gasteiger partial charge in [-0.2, -0.15) is 0 Å². The molecule has 0 aromatic heterocycles. The van der Waals surface area contributed by atoms with Crippen LogP contribution in [0.3, 0.4) is 0 Å². The fourth-order valence-electron chi connectivity index (χ4n) is 2.96. The molecule has 1 heterocycles. The van der Waals surface area contributed by atoms with E-state index in [2.05, 4.69) is 17.6 Å². The molecule has 0 bridgehead atoms. The largest absolute Gasteiger partial charge is 0.353 e. The Kier molecular flexibility index (Phi) is 2.66. The van der Waals surface area contributed by atoms with E-state index in [1.807, 2.05) is 0 Å². The lowest BCUT2D eigenvalue weighted by molar-refractivity contribution is -0.126. The third-order valence-electron chi connectivity index (χ3n) is 4.42. The molecule has 3 heteroatoms. The van der Waals surface area contributed by atoms with E-state index in [-0.39, 0.29) is 5.92 Å². The van der Waals surface area contributed by atoms with Crippen molar-refractivity contribution in [3.8, 4) is 0 Å². The lowest BCUT2D eigenvalue weighted by atomic mass is 9.96. The van der Waals surface area contributed by atoms with Crippen LogP contribution in [0.4, 0.5) is 0 Å². The Labute approximate surface area is 97.4 Å². The maximum Gasteiger partial charge on any atom is 0.224 e. The van der Waals surface area contributed by atoms with Crippen molar-refractivity contribution >= 4 is 5.91 Å². The SMILES string of the molecule is C[C@@H]1CNC[C@H]1C(=O)NC(C1CC1)C1CC1. The number of carbonyl (C=O) groups excluding carboxylic acids is 1. The summed E-state index contributed by atoms with van der Waals surface area (Å²) < 4.78 is 0. The molecule has 3 nitrogen and oxygen atoms in total.